The molecule has 1 atom stereocenters. The molecule has 0 saturated carbocycles. The molecule has 0 radical (unpaired) electrons. The normalized spacial score (nSPS) is 15.9. The summed E-state index contributed by atoms with van der Waals surface area (Å²) in [6.45, 7) is 0. The molecule has 5 nitrogen and oxygen atoms in total. The zero-order valence-corrected chi connectivity index (χ0v) is 17.0. The number of ether oxygens (including phenoxy) is 1. The van der Waals surface area contributed by atoms with E-state index in [-0.39, 0.29) is 28.6 Å². The molecular formula is C23H19FN2O3S. The number of amides is 2. The van der Waals surface area contributed by atoms with E-state index in [2.05, 4.69) is 5.32 Å². The molecule has 1 aliphatic rings. The lowest BCUT2D eigenvalue weighted by Crippen LogP contribution is -2.28. The predicted octanol–water partition coefficient (Wildman–Crippen LogP) is 4.87. The summed E-state index contributed by atoms with van der Waals surface area (Å²) in [7, 11) is 1.57. The highest BCUT2D eigenvalue weighted by molar-refractivity contribution is 8.00. The third kappa shape index (κ3) is 4.02. The molecule has 1 aliphatic heterocycles. The Balaban J connectivity index is 1.50. The summed E-state index contributed by atoms with van der Waals surface area (Å²) < 4.78 is 19.4. The summed E-state index contributed by atoms with van der Waals surface area (Å²) in [6.07, 6.45) is 0. The smallest absolute Gasteiger partial charge is 0.255 e. The quantitative estimate of drug-likeness (QED) is 0.638. The largest absolute Gasteiger partial charge is 0.497 e. The number of benzene rings is 3. The molecule has 152 valence electrons. The van der Waals surface area contributed by atoms with Gasteiger partial charge in [0, 0.05) is 11.3 Å². The van der Waals surface area contributed by atoms with Crippen LogP contribution in [0, 0.1) is 5.82 Å². The Labute approximate surface area is 177 Å². The number of methoxy groups -OCH3 is 1. The fraction of sp³-hybridized carbons (Fsp3) is 0.130. The number of para-hydroxylation sites is 1. The van der Waals surface area contributed by atoms with Crippen molar-refractivity contribution in [3.05, 3.63) is 89.7 Å². The minimum absolute atomic E-state index is 0.132. The van der Waals surface area contributed by atoms with Gasteiger partial charge in [-0.3, -0.25) is 14.5 Å². The summed E-state index contributed by atoms with van der Waals surface area (Å²) in [5.41, 5.74) is 2.28. The van der Waals surface area contributed by atoms with Crippen LogP contribution in [-0.4, -0.2) is 24.7 Å². The minimum atomic E-state index is -0.429. The van der Waals surface area contributed by atoms with Gasteiger partial charge in [-0.05, 0) is 54.1 Å². The van der Waals surface area contributed by atoms with Crippen LogP contribution in [0.5, 0.6) is 5.75 Å². The SMILES string of the molecule is COc1ccc(C(=O)Nc2ccc(C3SCC(=O)N3c3ccccc3F)cc2)cc1. The van der Waals surface area contributed by atoms with Crippen molar-refractivity contribution in [2.75, 3.05) is 23.1 Å². The van der Waals surface area contributed by atoms with Crippen molar-refractivity contribution in [3.8, 4) is 5.75 Å². The number of carbonyl (C=O) groups excluding carboxylic acids is 2. The zero-order valence-electron chi connectivity index (χ0n) is 16.2. The second kappa shape index (κ2) is 8.59. The first-order chi connectivity index (χ1) is 14.6. The first kappa shape index (κ1) is 20.0. The number of rotatable bonds is 5. The maximum atomic E-state index is 14.3. The topological polar surface area (TPSA) is 58.6 Å². The van der Waals surface area contributed by atoms with Crippen molar-refractivity contribution in [1.29, 1.82) is 0 Å². The van der Waals surface area contributed by atoms with Crippen LogP contribution in [-0.2, 0) is 4.79 Å². The van der Waals surface area contributed by atoms with Crippen molar-refractivity contribution < 1.29 is 18.7 Å². The number of hydrogen-bond donors (Lipinski definition) is 1. The lowest BCUT2D eigenvalue weighted by molar-refractivity contribution is -0.115. The molecule has 2 amide bonds. The van der Waals surface area contributed by atoms with Crippen LogP contribution in [0.2, 0.25) is 0 Å². The number of carbonyl (C=O) groups is 2. The maximum absolute atomic E-state index is 14.3. The number of anilines is 2. The van der Waals surface area contributed by atoms with Crippen molar-refractivity contribution in [1.82, 2.24) is 0 Å². The van der Waals surface area contributed by atoms with E-state index in [0.29, 0.717) is 17.0 Å². The van der Waals surface area contributed by atoms with Crippen LogP contribution < -0.4 is 15.0 Å². The van der Waals surface area contributed by atoms with E-state index >= 15 is 0 Å². The number of hydrogen-bond acceptors (Lipinski definition) is 4. The van der Waals surface area contributed by atoms with E-state index < -0.39 is 5.82 Å². The highest BCUT2D eigenvalue weighted by atomic mass is 32.2. The molecule has 1 heterocycles. The third-order valence-electron chi connectivity index (χ3n) is 4.79. The molecule has 4 rings (SSSR count). The summed E-state index contributed by atoms with van der Waals surface area (Å²) in [5.74, 6) is 0.172. The highest BCUT2D eigenvalue weighted by Gasteiger charge is 2.35. The molecular weight excluding hydrogens is 403 g/mol. The average Bonchev–Trinajstić information content (AvgIpc) is 3.16. The molecule has 3 aromatic carbocycles. The van der Waals surface area contributed by atoms with Gasteiger partial charge in [0.15, 0.2) is 0 Å². The molecule has 1 N–H and O–H groups in total. The van der Waals surface area contributed by atoms with Crippen molar-refractivity contribution >= 4 is 35.0 Å². The monoisotopic (exact) mass is 422 g/mol. The molecule has 1 fully saturated rings. The molecule has 3 aromatic rings. The van der Waals surface area contributed by atoms with Crippen LogP contribution in [0.4, 0.5) is 15.8 Å². The summed E-state index contributed by atoms with van der Waals surface area (Å²) in [5, 5.41) is 2.53. The minimum Gasteiger partial charge on any atom is -0.497 e. The van der Waals surface area contributed by atoms with Crippen LogP contribution in [0.15, 0.2) is 72.8 Å². The third-order valence-corrected chi connectivity index (χ3v) is 6.00. The molecule has 1 saturated heterocycles. The fourth-order valence-corrected chi connectivity index (χ4v) is 4.42. The van der Waals surface area contributed by atoms with Crippen molar-refractivity contribution in [2.24, 2.45) is 0 Å². The van der Waals surface area contributed by atoms with Gasteiger partial charge in [-0.25, -0.2) is 4.39 Å². The lowest BCUT2D eigenvalue weighted by Gasteiger charge is -2.24. The zero-order chi connectivity index (χ0) is 21.1. The van der Waals surface area contributed by atoms with E-state index in [9.17, 15) is 14.0 Å². The number of nitrogens with one attached hydrogen (secondary N) is 1. The molecule has 30 heavy (non-hydrogen) atoms. The molecule has 0 aliphatic carbocycles. The molecule has 0 bridgehead atoms. The van der Waals surface area contributed by atoms with E-state index in [0.717, 1.165) is 5.56 Å². The molecule has 0 spiro atoms. The Morgan fingerprint density at radius 3 is 2.43 bits per heavy atom. The summed E-state index contributed by atoms with van der Waals surface area (Å²) in [4.78, 5) is 26.3. The van der Waals surface area contributed by atoms with Gasteiger partial charge in [0.05, 0.1) is 18.6 Å². The van der Waals surface area contributed by atoms with Gasteiger partial charge < -0.3 is 10.1 Å². The first-order valence-electron chi connectivity index (χ1n) is 9.30. The van der Waals surface area contributed by atoms with E-state index in [4.69, 9.17) is 4.74 Å². The van der Waals surface area contributed by atoms with Gasteiger partial charge in [-0.2, -0.15) is 0 Å². The fourth-order valence-electron chi connectivity index (χ4n) is 3.25. The molecule has 1 unspecified atom stereocenters. The Hall–Kier alpha value is -3.32. The number of halogens is 1. The van der Waals surface area contributed by atoms with Gasteiger partial charge >= 0.3 is 0 Å². The molecule has 0 aromatic heterocycles. The van der Waals surface area contributed by atoms with Gasteiger partial charge in [0.1, 0.15) is 16.9 Å². The van der Waals surface area contributed by atoms with Gasteiger partial charge in [0.25, 0.3) is 5.91 Å². The van der Waals surface area contributed by atoms with E-state index in [1.807, 2.05) is 12.1 Å². The van der Waals surface area contributed by atoms with Crippen LogP contribution >= 0.6 is 11.8 Å². The maximum Gasteiger partial charge on any atom is 0.255 e. The summed E-state index contributed by atoms with van der Waals surface area (Å²) in [6, 6.07) is 20.3. The van der Waals surface area contributed by atoms with Crippen LogP contribution in [0.25, 0.3) is 0 Å². The van der Waals surface area contributed by atoms with Gasteiger partial charge in [-0.15, -0.1) is 11.8 Å². The van der Waals surface area contributed by atoms with Crippen LogP contribution in [0.3, 0.4) is 0 Å². The summed E-state index contributed by atoms with van der Waals surface area (Å²) >= 11 is 1.45. The van der Waals surface area contributed by atoms with Crippen molar-refractivity contribution in [2.45, 2.75) is 5.37 Å². The Morgan fingerprint density at radius 2 is 1.77 bits per heavy atom. The van der Waals surface area contributed by atoms with E-state index in [1.165, 1.54) is 22.7 Å². The lowest BCUT2D eigenvalue weighted by atomic mass is 10.1. The first-order valence-corrected chi connectivity index (χ1v) is 10.4. The Bertz CT molecular complexity index is 1070. The van der Waals surface area contributed by atoms with Crippen molar-refractivity contribution in [3.63, 3.8) is 0 Å². The second-order valence-electron chi connectivity index (χ2n) is 6.68. The number of thioether (sulfide) groups is 1. The predicted molar refractivity (Wildman–Crippen MR) is 116 cm³/mol. The standard InChI is InChI=1S/C23H19FN2O3S/c1-29-18-12-8-15(9-13-18)22(28)25-17-10-6-16(7-11-17)23-26(21(27)14-30-23)20-5-3-2-4-19(20)24/h2-13,23H,14H2,1H3,(H,25,28). The Morgan fingerprint density at radius 1 is 1.07 bits per heavy atom. The second-order valence-corrected chi connectivity index (χ2v) is 7.75. The average molecular weight is 422 g/mol. The van der Waals surface area contributed by atoms with E-state index in [1.54, 1.807) is 61.7 Å². The molecule has 7 heteroatoms. The van der Waals surface area contributed by atoms with Gasteiger partial charge in [-0.1, -0.05) is 24.3 Å². The van der Waals surface area contributed by atoms with Crippen LogP contribution in [0.1, 0.15) is 21.3 Å². The number of nitrogens with zero attached hydrogens (tertiary/aromatic N) is 1. The Kier molecular flexibility index (Phi) is 5.72. The van der Waals surface area contributed by atoms with Gasteiger partial charge in [0.2, 0.25) is 5.91 Å². The highest BCUT2D eigenvalue weighted by Crippen LogP contribution is 2.42.